The lowest BCUT2D eigenvalue weighted by atomic mass is 10.2. The molecule has 1 amide bonds. The average molecular weight is 487 g/mol. The second-order valence-electron chi connectivity index (χ2n) is 8.49. The minimum atomic E-state index is -0.677. The van der Waals surface area contributed by atoms with Crippen LogP contribution in [0.15, 0.2) is 71.8 Å². The predicted molar refractivity (Wildman–Crippen MR) is 133 cm³/mol. The number of nitrogens with one attached hydrogen (secondary N) is 2. The molecule has 5 rings (SSSR count). The summed E-state index contributed by atoms with van der Waals surface area (Å²) >= 11 is 0. The first kappa shape index (κ1) is 23.0. The largest absolute Gasteiger partial charge is 0.452 e. The van der Waals surface area contributed by atoms with E-state index in [0.29, 0.717) is 22.4 Å². The number of aromatic amines is 1. The van der Waals surface area contributed by atoms with Gasteiger partial charge >= 0.3 is 5.69 Å². The number of hydrogen-bond acceptors (Lipinski definition) is 5. The van der Waals surface area contributed by atoms with Crippen molar-refractivity contribution in [2.24, 2.45) is 0 Å². The van der Waals surface area contributed by atoms with Gasteiger partial charge in [-0.2, -0.15) is 5.10 Å². The van der Waals surface area contributed by atoms with E-state index in [1.165, 1.54) is 35.2 Å². The lowest BCUT2D eigenvalue weighted by Gasteiger charge is -2.13. The molecule has 5 aromatic rings. The van der Waals surface area contributed by atoms with E-state index in [2.05, 4.69) is 20.4 Å². The lowest BCUT2D eigenvalue weighted by Crippen LogP contribution is -2.18. The molecule has 0 radical (unpaired) electrons. The smallest absolute Gasteiger partial charge is 0.328 e. The highest BCUT2D eigenvalue weighted by molar-refractivity contribution is 6.05. The van der Waals surface area contributed by atoms with Gasteiger partial charge in [0.05, 0.1) is 23.1 Å². The molecule has 3 aromatic heterocycles. The second-order valence-corrected chi connectivity index (χ2v) is 8.49. The highest BCUT2D eigenvalue weighted by Gasteiger charge is 2.19. The van der Waals surface area contributed by atoms with Gasteiger partial charge in [-0.1, -0.05) is 18.2 Å². The molecule has 2 aromatic carbocycles. The van der Waals surface area contributed by atoms with E-state index in [0.717, 1.165) is 5.69 Å². The second kappa shape index (κ2) is 9.14. The fourth-order valence-electron chi connectivity index (χ4n) is 4.04. The first-order valence-corrected chi connectivity index (χ1v) is 11.3. The van der Waals surface area contributed by atoms with E-state index >= 15 is 0 Å². The first-order chi connectivity index (χ1) is 17.3. The number of halogens is 1. The maximum Gasteiger partial charge on any atom is 0.328 e. The minimum Gasteiger partial charge on any atom is -0.452 e. The summed E-state index contributed by atoms with van der Waals surface area (Å²) in [4.78, 5) is 32.0. The normalized spacial score (nSPS) is 11.2. The van der Waals surface area contributed by atoms with Crippen LogP contribution < -0.4 is 15.7 Å². The number of amides is 1. The van der Waals surface area contributed by atoms with Gasteiger partial charge in [0.15, 0.2) is 23.0 Å². The van der Waals surface area contributed by atoms with Gasteiger partial charge in [0, 0.05) is 30.1 Å². The van der Waals surface area contributed by atoms with Gasteiger partial charge < -0.3 is 10.1 Å². The zero-order valence-corrected chi connectivity index (χ0v) is 19.8. The summed E-state index contributed by atoms with van der Waals surface area (Å²) in [6.45, 7) is 5.50. The molecule has 0 aliphatic carbocycles. The lowest BCUT2D eigenvalue weighted by molar-refractivity contribution is 0.102. The number of nitrogens with zero attached hydrogens (tertiary/aromatic N) is 4. The Kier molecular flexibility index (Phi) is 5.85. The van der Waals surface area contributed by atoms with E-state index in [1.54, 1.807) is 17.7 Å². The standard InChI is InChI=1S/C26H23FN6O3/c1-15(2)32-23-22(11-12-28-24(23)31-26(32)35)36-21-10-9-17(13-20(21)27)30-25(34)19-14-29-33(16(19)3)18-7-5-4-6-8-18/h4-15H,1-3H3,(H,30,34)(H,28,31,35). The van der Waals surface area contributed by atoms with Gasteiger partial charge in [-0.15, -0.1) is 0 Å². The van der Waals surface area contributed by atoms with Crippen molar-refractivity contribution in [3.63, 3.8) is 0 Å². The molecule has 0 aliphatic heterocycles. The molecule has 0 bridgehead atoms. The number of para-hydroxylation sites is 1. The topological polar surface area (TPSA) is 107 Å². The number of carbonyl (C=O) groups is 1. The van der Waals surface area contributed by atoms with Gasteiger partial charge in [-0.25, -0.2) is 18.9 Å². The van der Waals surface area contributed by atoms with E-state index in [9.17, 15) is 14.0 Å². The summed E-state index contributed by atoms with van der Waals surface area (Å²) in [5.74, 6) is -0.862. The number of H-pyrrole nitrogens is 1. The molecule has 0 fully saturated rings. The number of ether oxygens (including phenoxy) is 1. The summed E-state index contributed by atoms with van der Waals surface area (Å²) in [6.07, 6.45) is 2.95. The molecule has 9 nitrogen and oxygen atoms in total. The molecule has 3 heterocycles. The van der Waals surface area contributed by atoms with Crippen molar-refractivity contribution in [2.75, 3.05) is 5.32 Å². The van der Waals surface area contributed by atoms with Crippen LogP contribution in [-0.4, -0.2) is 30.2 Å². The molecule has 2 N–H and O–H groups in total. The maximum absolute atomic E-state index is 15.0. The van der Waals surface area contributed by atoms with Crippen molar-refractivity contribution in [1.82, 2.24) is 24.3 Å². The Morgan fingerprint density at radius 1 is 1.11 bits per heavy atom. The number of aromatic nitrogens is 5. The Morgan fingerprint density at radius 3 is 2.61 bits per heavy atom. The summed E-state index contributed by atoms with van der Waals surface area (Å²) < 4.78 is 24.0. The number of rotatable bonds is 6. The molecular weight excluding hydrogens is 463 g/mol. The molecular formula is C26H23FN6O3. The third kappa shape index (κ3) is 4.13. The number of carbonyl (C=O) groups excluding carboxylic acids is 1. The van der Waals surface area contributed by atoms with E-state index in [-0.39, 0.29) is 28.9 Å². The molecule has 36 heavy (non-hydrogen) atoms. The van der Waals surface area contributed by atoms with Crippen molar-refractivity contribution >= 4 is 22.8 Å². The molecule has 0 saturated heterocycles. The van der Waals surface area contributed by atoms with Crippen LogP contribution in [0.4, 0.5) is 10.1 Å². The monoisotopic (exact) mass is 486 g/mol. The Bertz CT molecular complexity index is 1640. The minimum absolute atomic E-state index is 0.0578. The van der Waals surface area contributed by atoms with Crippen LogP contribution in [-0.2, 0) is 0 Å². The van der Waals surface area contributed by atoms with E-state index < -0.39 is 11.7 Å². The molecule has 0 spiro atoms. The number of hydrogen-bond donors (Lipinski definition) is 2. The fourth-order valence-corrected chi connectivity index (χ4v) is 4.04. The van der Waals surface area contributed by atoms with Gasteiger partial charge in [0.2, 0.25) is 0 Å². The van der Waals surface area contributed by atoms with E-state index in [1.807, 2.05) is 44.2 Å². The van der Waals surface area contributed by atoms with Gasteiger partial charge in [-0.05, 0) is 45.0 Å². The fraction of sp³-hybridized carbons (Fsp3) is 0.154. The third-order valence-corrected chi connectivity index (χ3v) is 5.75. The van der Waals surface area contributed by atoms with Crippen LogP contribution in [0.5, 0.6) is 11.5 Å². The Morgan fingerprint density at radius 2 is 1.89 bits per heavy atom. The quantitative estimate of drug-likeness (QED) is 0.352. The molecule has 182 valence electrons. The summed E-state index contributed by atoms with van der Waals surface area (Å²) in [5, 5.41) is 7.01. The van der Waals surface area contributed by atoms with E-state index in [4.69, 9.17) is 4.74 Å². The highest BCUT2D eigenvalue weighted by atomic mass is 19.1. The van der Waals surface area contributed by atoms with Crippen LogP contribution in [0.3, 0.4) is 0 Å². The number of imidazole rings is 1. The van der Waals surface area contributed by atoms with Crippen molar-refractivity contribution in [3.05, 3.63) is 94.5 Å². The molecule has 10 heteroatoms. The Balaban J connectivity index is 1.38. The van der Waals surface area contributed by atoms with Crippen LogP contribution in [0.2, 0.25) is 0 Å². The van der Waals surface area contributed by atoms with Crippen LogP contribution >= 0.6 is 0 Å². The maximum atomic E-state index is 15.0. The zero-order chi connectivity index (χ0) is 25.4. The van der Waals surface area contributed by atoms with Crippen molar-refractivity contribution < 1.29 is 13.9 Å². The number of benzene rings is 2. The molecule has 0 atom stereocenters. The third-order valence-electron chi connectivity index (χ3n) is 5.75. The van der Waals surface area contributed by atoms with Crippen molar-refractivity contribution in [1.29, 1.82) is 0 Å². The highest BCUT2D eigenvalue weighted by Crippen LogP contribution is 2.31. The average Bonchev–Trinajstić information content (AvgIpc) is 3.41. The van der Waals surface area contributed by atoms with Gasteiger partial charge in [0.25, 0.3) is 5.91 Å². The molecule has 0 unspecified atom stereocenters. The van der Waals surface area contributed by atoms with Crippen molar-refractivity contribution in [2.45, 2.75) is 26.8 Å². The Labute approximate surface area is 205 Å². The molecule has 0 saturated carbocycles. The predicted octanol–water partition coefficient (Wildman–Crippen LogP) is 4.98. The summed E-state index contributed by atoms with van der Waals surface area (Å²) in [6, 6.07) is 15.0. The zero-order valence-electron chi connectivity index (χ0n) is 19.8. The van der Waals surface area contributed by atoms with Gasteiger partial charge in [0.1, 0.15) is 5.52 Å². The number of anilines is 1. The summed E-state index contributed by atoms with van der Waals surface area (Å²) in [7, 11) is 0. The van der Waals surface area contributed by atoms with Crippen LogP contribution in [0.1, 0.15) is 35.9 Å². The summed E-state index contributed by atoms with van der Waals surface area (Å²) in [5.41, 5.74) is 2.59. The molecule has 0 aliphatic rings. The van der Waals surface area contributed by atoms with Crippen molar-refractivity contribution in [3.8, 4) is 17.2 Å². The first-order valence-electron chi connectivity index (χ1n) is 11.3. The van der Waals surface area contributed by atoms with Crippen LogP contribution in [0.25, 0.3) is 16.9 Å². The number of fused-ring (bicyclic) bond motifs is 1. The SMILES string of the molecule is Cc1c(C(=O)Nc2ccc(Oc3ccnc4[nH]c(=O)n(C(C)C)c34)c(F)c2)cnn1-c1ccccc1. The van der Waals surface area contributed by atoms with Crippen LogP contribution in [0, 0.1) is 12.7 Å². The number of pyridine rings is 1. The van der Waals surface area contributed by atoms with Gasteiger partial charge in [-0.3, -0.25) is 14.3 Å². The Hall–Kier alpha value is -4.73.